The highest BCUT2D eigenvalue weighted by Gasteiger charge is 2.24. The van der Waals surface area contributed by atoms with Gasteiger partial charge in [-0.1, -0.05) is 13.8 Å². The highest BCUT2D eigenvalue weighted by Crippen LogP contribution is 2.28. The molecule has 7 heteroatoms. The standard InChI is InChI=1S/C19H39N5S.HI/c1-5-20-19(22-17-7-8-18(13-17)25-4)21-14-16(3)15-24-11-9-23(6-2)10-12-24;/h16-18H,5-15H2,1-4H3,(H2,20,21,22);1H. The van der Waals surface area contributed by atoms with Crippen LogP contribution in [-0.2, 0) is 0 Å². The first-order chi connectivity index (χ1) is 12.1. The van der Waals surface area contributed by atoms with Crippen LogP contribution in [0, 0.1) is 5.92 Å². The summed E-state index contributed by atoms with van der Waals surface area (Å²) < 4.78 is 0. The molecule has 0 aromatic heterocycles. The highest BCUT2D eigenvalue weighted by atomic mass is 127. The van der Waals surface area contributed by atoms with Crippen LogP contribution in [-0.4, -0.2) is 85.7 Å². The van der Waals surface area contributed by atoms with E-state index < -0.39 is 0 Å². The van der Waals surface area contributed by atoms with Crippen molar-refractivity contribution in [1.82, 2.24) is 20.4 Å². The molecule has 2 fully saturated rings. The summed E-state index contributed by atoms with van der Waals surface area (Å²) in [6, 6.07) is 0.590. The van der Waals surface area contributed by atoms with E-state index in [1.54, 1.807) is 0 Å². The predicted octanol–water partition coefficient (Wildman–Crippen LogP) is 2.72. The fourth-order valence-electron chi connectivity index (χ4n) is 3.83. The topological polar surface area (TPSA) is 42.9 Å². The van der Waals surface area contributed by atoms with E-state index in [1.807, 2.05) is 11.8 Å². The monoisotopic (exact) mass is 497 g/mol. The van der Waals surface area contributed by atoms with Crippen molar-refractivity contribution in [2.24, 2.45) is 10.9 Å². The van der Waals surface area contributed by atoms with E-state index in [0.717, 1.165) is 24.3 Å². The van der Waals surface area contributed by atoms with Gasteiger partial charge >= 0.3 is 0 Å². The summed E-state index contributed by atoms with van der Waals surface area (Å²) in [7, 11) is 0. The second kappa shape index (κ2) is 13.4. The Bertz CT molecular complexity index is 401. The number of aliphatic imine (C=N–C) groups is 1. The number of rotatable bonds is 8. The molecule has 0 radical (unpaired) electrons. The number of nitrogens with zero attached hydrogens (tertiary/aromatic N) is 3. The summed E-state index contributed by atoms with van der Waals surface area (Å²) in [5.41, 5.74) is 0. The van der Waals surface area contributed by atoms with Crippen LogP contribution in [0.3, 0.4) is 0 Å². The van der Waals surface area contributed by atoms with Crippen molar-refractivity contribution in [2.75, 3.05) is 58.6 Å². The fourth-order valence-corrected chi connectivity index (χ4v) is 4.63. The van der Waals surface area contributed by atoms with Crippen LogP contribution in [0.1, 0.15) is 40.0 Å². The van der Waals surface area contributed by atoms with Crippen molar-refractivity contribution >= 4 is 41.7 Å². The van der Waals surface area contributed by atoms with Crippen LogP contribution in [0.15, 0.2) is 4.99 Å². The molecule has 2 aliphatic rings. The minimum absolute atomic E-state index is 0. The summed E-state index contributed by atoms with van der Waals surface area (Å²) in [5, 5.41) is 7.91. The molecule has 2 N–H and O–H groups in total. The first-order valence-electron chi connectivity index (χ1n) is 10.2. The second-order valence-electron chi connectivity index (χ2n) is 7.57. The van der Waals surface area contributed by atoms with Gasteiger partial charge in [-0.05, 0) is 44.9 Å². The van der Waals surface area contributed by atoms with Crippen molar-refractivity contribution in [3.05, 3.63) is 0 Å². The molecule has 5 nitrogen and oxygen atoms in total. The van der Waals surface area contributed by atoms with E-state index in [2.05, 4.69) is 47.5 Å². The minimum Gasteiger partial charge on any atom is -0.357 e. The van der Waals surface area contributed by atoms with Crippen molar-refractivity contribution in [2.45, 2.75) is 51.3 Å². The van der Waals surface area contributed by atoms with Crippen molar-refractivity contribution < 1.29 is 0 Å². The molecule has 3 atom stereocenters. The largest absolute Gasteiger partial charge is 0.357 e. The van der Waals surface area contributed by atoms with Gasteiger partial charge in [-0.25, -0.2) is 0 Å². The van der Waals surface area contributed by atoms with Crippen LogP contribution in [0.4, 0.5) is 0 Å². The van der Waals surface area contributed by atoms with Crippen LogP contribution < -0.4 is 10.6 Å². The maximum absolute atomic E-state index is 4.87. The molecule has 3 unspecified atom stereocenters. The molecule has 1 aliphatic carbocycles. The van der Waals surface area contributed by atoms with Crippen LogP contribution in [0.25, 0.3) is 0 Å². The maximum Gasteiger partial charge on any atom is 0.191 e. The minimum atomic E-state index is 0. The zero-order valence-corrected chi connectivity index (χ0v) is 20.3. The molecule has 1 saturated carbocycles. The van der Waals surface area contributed by atoms with Gasteiger partial charge in [0.2, 0.25) is 0 Å². The Morgan fingerprint density at radius 1 is 1.15 bits per heavy atom. The first kappa shape index (κ1) is 24.3. The lowest BCUT2D eigenvalue weighted by atomic mass is 10.1. The molecule has 1 aliphatic heterocycles. The van der Waals surface area contributed by atoms with Gasteiger partial charge in [0.15, 0.2) is 5.96 Å². The van der Waals surface area contributed by atoms with E-state index >= 15 is 0 Å². The Labute approximate surface area is 182 Å². The second-order valence-corrected chi connectivity index (χ2v) is 8.71. The molecule has 2 rings (SSSR count). The lowest BCUT2D eigenvalue weighted by molar-refractivity contribution is 0.125. The Kier molecular flexibility index (Phi) is 12.6. The SMILES string of the molecule is CCNC(=NCC(C)CN1CCN(CC)CC1)NC1CCC(SC)C1.I. The average Bonchev–Trinajstić information content (AvgIpc) is 3.08. The van der Waals surface area contributed by atoms with Gasteiger partial charge in [0.1, 0.15) is 0 Å². The molecule has 0 amide bonds. The number of piperazine rings is 1. The lowest BCUT2D eigenvalue weighted by Gasteiger charge is -2.35. The molecule has 0 bridgehead atoms. The number of hydrogen-bond donors (Lipinski definition) is 2. The third-order valence-corrected chi connectivity index (χ3v) is 6.54. The highest BCUT2D eigenvalue weighted by molar-refractivity contribution is 14.0. The van der Waals surface area contributed by atoms with E-state index in [1.165, 1.54) is 58.5 Å². The van der Waals surface area contributed by atoms with Gasteiger partial charge in [-0.2, -0.15) is 11.8 Å². The zero-order chi connectivity index (χ0) is 18.1. The van der Waals surface area contributed by atoms with E-state index in [9.17, 15) is 0 Å². The van der Waals surface area contributed by atoms with E-state index in [0.29, 0.717) is 12.0 Å². The third-order valence-electron chi connectivity index (χ3n) is 5.45. The summed E-state index contributed by atoms with van der Waals surface area (Å²) in [4.78, 5) is 10.0. The Hall–Kier alpha value is 0.270. The van der Waals surface area contributed by atoms with Crippen LogP contribution in [0.5, 0.6) is 0 Å². The molecule has 26 heavy (non-hydrogen) atoms. The third kappa shape index (κ3) is 8.52. The predicted molar refractivity (Wildman–Crippen MR) is 127 cm³/mol. The number of halogens is 1. The number of nitrogens with one attached hydrogen (secondary N) is 2. The maximum atomic E-state index is 4.87. The smallest absolute Gasteiger partial charge is 0.191 e. The number of thioether (sulfide) groups is 1. The Morgan fingerprint density at radius 3 is 2.42 bits per heavy atom. The molecular weight excluding hydrogens is 457 g/mol. The lowest BCUT2D eigenvalue weighted by Crippen LogP contribution is -2.47. The first-order valence-corrected chi connectivity index (χ1v) is 11.5. The summed E-state index contributed by atoms with van der Waals surface area (Å²) in [6.45, 7) is 15.8. The van der Waals surface area contributed by atoms with Gasteiger partial charge in [-0.15, -0.1) is 24.0 Å². The number of likely N-dealkylation sites (N-methyl/N-ethyl adjacent to an activating group) is 1. The molecule has 154 valence electrons. The van der Waals surface area contributed by atoms with Crippen molar-refractivity contribution in [1.29, 1.82) is 0 Å². The average molecular weight is 498 g/mol. The quantitative estimate of drug-likeness (QED) is 0.307. The molecular formula is C19H40IN5S. The normalized spacial score (nSPS) is 26.4. The Morgan fingerprint density at radius 2 is 1.85 bits per heavy atom. The number of hydrogen-bond acceptors (Lipinski definition) is 4. The van der Waals surface area contributed by atoms with Crippen molar-refractivity contribution in [3.63, 3.8) is 0 Å². The molecule has 0 aromatic carbocycles. The van der Waals surface area contributed by atoms with Crippen LogP contribution >= 0.6 is 35.7 Å². The van der Waals surface area contributed by atoms with Gasteiger partial charge in [0.05, 0.1) is 0 Å². The van der Waals surface area contributed by atoms with E-state index in [4.69, 9.17) is 4.99 Å². The van der Waals surface area contributed by atoms with Crippen LogP contribution in [0.2, 0.25) is 0 Å². The summed E-state index contributed by atoms with van der Waals surface area (Å²) in [6.07, 6.45) is 6.10. The fraction of sp³-hybridized carbons (Fsp3) is 0.947. The van der Waals surface area contributed by atoms with E-state index in [-0.39, 0.29) is 24.0 Å². The Balaban J connectivity index is 0.00000338. The molecule has 1 heterocycles. The van der Waals surface area contributed by atoms with Gasteiger partial charge in [0.25, 0.3) is 0 Å². The molecule has 0 spiro atoms. The summed E-state index contributed by atoms with van der Waals surface area (Å²) >= 11 is 2.01. The molecule has 0 aromatic rings. The van der Waals surface area contributed by atoms with Crippen molar-refractivity contribution in [3.8, 4) is 0 Å². The molecule has 1 saturated heterocycles. The zero-order valence-electron chi connectivity index (χ0n) is 17.2. The van der Waals surface area contributed by atoms with Gasteiger partial charge < -0.3 is 20.4 Å². The summed E-state index contributed by atoms with van der Waals surface area (Å²) in [5.74, 6) is 1.61. The number of guanidine groups is 1. The van der Waals surface area contributed by atoms with Gasteiger partial charge in [-0.3, -0.25) is 4.99 Å². The van der Waals surface area contributed by atoms with Gasteiger partial charge in [0, 0.05) is 57.1 Å².